The second kappa shape index (κ2) is 6.04. The van der Waals surface area contributed by atoms with Crippen LogP contribution in [0.1, 0.15) is 6.92 Å². The number of rotatable bonds is 2. The van der Waals surface area contributed by atoms with Gasteiger partial charge < -0.3 is 4.74 Å². The van der Waals surface area contributed by atoms with Crippen LogP contribution in [0.2, 0.25) is 10.0 Å². The number of carbonyl (C=O) groups is 1. The van der Waals surface area contributed by atoms with Crippen molar-refractivity contribution in [2.45, 2.75) is 24.8 Å². The first-order valence-electron chi connectivity index (χ1n) is 5.36. The minimum atomic E-state index is -5.78. The number of alkyl halides is 6. The zero-order valence-corrected chi connectivity index (χ0v) is 12.1. The van der Waals surface area contributed by atoms with Gasteiger partial charge in [0.05, 0.1) is 5.02 Å². The van der Waals surface area contributed by atoms with Gasteiger partial charge >= 0.3 is 18.4 Å². The first-order valence-corrected chi connectivity index (χ1v) is 6.12. The standard InChI is InChI=1S/C11H7Cl2F6NO2/c1-9(10(14,15)16,11(17,18)19)20-8(21)22-7-3-2-5(12)4-6(7)13/h2-4H,1H3,(H,20,21). The summed E-state index contributed by atoms with van der Waals surface area (Å²) < 4.78 is 79.9. The van der Waals surface area contributed by atoms with Crippen LogP contribution in [-0.2, 0) is 0 Å². The van der Waals surface area contributed by atoms with Crippen LogP contribution in [0.15, 0.2) is 18.2 Å². The first-order chi connectivity index (χ1) is 9.78. The van der Waals surface area contributed by atoms with Gasteiger partial charge in [0.25, 0.3) is 0 Å². The lowest BCUT2D eigenvalue weighted by molar-refractivity contribution is -0.298. The molecule has 3 nitrogen and oxygen atoms in total. The summed E-state index contributed by atoms with van der Waals surface area (Å²) in [5.41, 5.74) is -4.48. The molecule has 0 heterocycles. The van der Waals surface area contributed by atoms with Gasteiger partial charge in [-0.05, 0) is 25.1 Å². The molecule has 1 N–H and O–H groups in total. The van der Waals surface area contributed by atoms with Crippen molar-refractivity contribution < 1.29 is 35.9 Å². The summed E-state index contributed by atoms with van der Waals surface area (Å²) in [6.07, 6.45) is -13.5. The first kappa shape index (κ1) is 18.7. The highest BCUT2D eigenvalue weighted by molar-refractivity contribution is 6.35. The Kier molecular flexibility index (Phi) is 5.13. The van der Waals surface area contributed by atoms with Gasteiger partial charge in [-0.15, -0.1) is 0 Å². The molecule has 1 aromatic rings. The molecule has 22 heavy (non-hydrogen) atoms. The van der Waals surface area contributed by atoms with E-state index in [4.69, 9.17) is 23.2 Å². The van der Waals surface area contributed by atoms with Gasteiger partial charge in [-0.2, -0.15) is 26.3 Å². The smallest absolute Gasteiger partial charge is 0.409 e. The monoisotopic (exact) mass is 369 g/mol. The molecule has 1 aromatic carbocycles. The van der Waals surface area contributed by atoms with Crippen molar-refractivity contribution in [1.29, 1.82) is 0 Å². The van der Waals surface area contributed by atoms with Crippen molar-refractivity contribution in [3.05, 3.63) is 28.2 Å². The van der Waals surface area contributed by atoms with E-state index in [9.17, 15) is 31.1 Å². The van der Waals surface area contributed by atoms with Crippen molar-refractivity contribution in [3.63, 3.8) is 0 Å². The molecule has 0 aliphatic carbocycles. The van der Waals surface area contributed by atoms with Gasteiger partial charge in [0, 0.05) is 5.02 Å². The number of hydrogen-bond donors (Lipinski definition) is 1. The molecular formula is C11H7Cl2F6NO2. The molecule has 0 unspecified atom stereocenters. The van der Waals surface area contributed by atoms with E-state index in [0.29, 0.717) is 0 Å². The predicted molar refractivity (Wildman–Crippen MR) is 66.1 cm³/mol. The second-order valence-corrected chi connectivity index (χ2v) is 5.05. The Bertz CT molecular complexity index is 559. The predicted octanol–water partition coefficient (Wildman–Crippen LogP) is 4.97. The molecule has 0 spiro atoms. The Morgan fingerprint density at radius 3 is 2.00 bits per heavy atom. The van der Waals surface area contributed by atoms with E-state index in [2.05, 4.69) is 4.74 Å². The van der Waals surface area contributed by atoms with E-state index < -0.39 is 29.7 Å². The summed E-state index contributed by atoms with van der Waals surface area (Å²) in [7, 11) is 0. The van der Waals surface area contributed by atoms with Gasteiger partial charge in [0.2, 0.25) is 5.54 Å². The number of nitrogens with one attached hydrogen (secondary N) is 1. The molecule has 1 rings (SSSR count). The summed E-state index contributed by atoms with van der Waals surface area (Å²) in [6, 6.07) is 3.30. The molecule has 11 heteroatoms. The van der Waals surface area contributed by atoms with Crippen LogP contribution in [0.25, 0.3) is 0 Å². The number of amides is 1. The van der Waals surface area contributed by atoms with Crippen molar-refractivity contribution >= 4 is 29.3 Å². The molecule has 0 aliphatic rings. The van der Waals surface area contributed by atoms with Gasteiger partial charge in [-0.1, -0.05) is 23.2 Å². The number of ether oxygens (including phenoxy) is 1. The normalized spacial score (nSPS) is 13.0. The van der Waals surface area contributed by atoms with E-state index in [1.807, 2.05) is 0 Å². The number of carbonyl (C=O) groups excluding carboxylic acids is 1. The number of halogens is 8. The third kappa shape index (κ3) is 3.89. The molecule has 0 fully saturated rings. The number of benzene rings is 1. The Balaban J connectivity index is 2.99. The van der Waals surface area contributed by atoms with Crippen LogP contribution in [0.4, 0.5) is 31.1 Å². The molecule has 0 aromatic heterocycles. The number of hydrogen-bond acceptors (Lipinski definition) is 2. The van der Waals surface area contributed by atoms with Gasteiger partial charge in [0.1, 0.15) is 0 Å². The molecule has 0 atom stereocenters. The topological polar surface area (TPSA) is 38.3 Å². The van der Waals surface area contributed by atoms with E-state index >= 15 is 0 Å². The highest BCUT2D eigenvalue weighted by Gasteiger charge is 2.69. The van der Waals surface area contributed by atoms with Crippen molar-refractivity contribution in [3.8, 4) is 5.75 Å². The molecular weight excluding hydrogens is 363 g/mol. The van der Waals surface area contributed by atoms with Crippen molar-refractivity contribution in [2.24, 2.45) is 0 Å². The molecule has 1 amide bonds. The zero-order chi connectivity index (χ0) is 17.3. The van der Waals surface area contributed by atoms with Crippen LogP contribution in [0.5, 0.6) is 5.75 Å². The minimum Gasteiger partial charge on any atom is -0.409 e. The maximum atomic E-state index is 12.6. The fourth-order valence-electron chi connectivity index (χ4n) is 1.19. The van der Waals surface area contributed by atoms with Crippen LogP contribution >= 0.6 is 23.2 Å². The molecule has 0 radical (unpaired) electrons. The molecule has 0 aliphatic heterocycles. The largest absolute Gasteiger partial charge is 0.420 e. The van der Waals surface area contributed by atoms with E-state index in [0.717, 1.165) is 17.4 Å². The third-order valence-electron chi connectivity index (χ3n) is 2.58. The van der Waals surface area contributed by atoms with E-state index in [1.165, 1.54) is 6.07 Å². The highest BCUT2D eigenvalue weighted by atomic mass is 35.5. The summed E-state index contributed by atoms with van der Waals surface area (Å²) in [4.78, 5) is 11.3. The Hall–Kier alpha value is -1.35. The van der Waals surface area contributed by atoms with Crippen LogP contribution < -0.4 is 10.1 Å². The summed E-state index contributed by atoms with van der Waals surface area (Å²) in [5.74, 6) is -0.449. The second-order valence-electron chi connectivity index (χ2n) is 4.21. The SMILES string of the molecule is CC(NC(=O)Oc1ccc(Cl)cc1Cl)(C(F)(F)F)C(F)(F)F. The summed E-state index contributed by atoms with van der Waals surface area (Å²) in [6.45, 7) is -0.224. The van der Waals surface area contributed by atoms with Crippen molar-refractivity contribution in [1.82, 2.24) is 5.32 Å². The van der Waals surface area contributed by atoms with Crippen LogP contribution in [0.3, 0.4) is 0 Å². The maximum absolute atomic E-state index is 12.6. The van der Waals surface area contributed by atoms with Crippen LogP contribution in [-0.4, -0.2) is 24.0 Å². The average Bonchev–Trinajstić information content (AvgIpc) is 2.29. The quantitative estimate of drug-likeness (QED) is 0.747. The third-order valence-corrected chi connectivity index (χ3v) is 3.11. The lowest BCUT2D eigenvalue weighted by atomic mass is 10.0. The summed E-state index contributed by atoms with van der Waals surface area (Å²) >= 11 is 11.1. The van der Waals surface area contributed by atoms with Crippen LogP contribution in [0, 0.1) is 0 Å². The molecule has 124 valence electrons. The Labute approximate surface area is 130 Å². The fourth-order valence-corrected chi connectivity index (χ4v) is 1.64. The van der Waals surface area contributed by atoms with Gasteiger partial charge in [-0.25, -0.2) is 4.79 Å². The van der Waals surface area contributed by atoms with E-state index in [-0.39, 0.29) is 17.0 Å². The highest BCUT2D eigenvalue weighted by Crippen LogP contribution is 2.42. The molecule has 0 saturated heterocycles. The Morgan fingerprint density at radius 1 is 1.09 bits per heavy atom. The average molecular weight is 370 g/mol. The lowest BCUT2D eigenvalue weighted by Crippen LogP contribution is -2.66. The lowest BCUT2D eigenvalue weighted by Gasteiger charge is -2.34. The van der Waals surface area contributed by atoms with Gasteiger partial charge in [-0.3, -0.25) is 5.32 Å². The Morgan fingerprint density at radius 2 is 1.59 bits per heavy atom. The minimum absolute atomic E-state index is 0.133. The van der Waals surface area contributed by atoms with Gasteiger partial charge in [0.15, 0.2) is 5.75 Å². The fraction of sp³-hybridized carbons (Fsp3) is 0.364. The van der Waals surface area contributed by atoms with Crippen molar-refractivity contribution in [2.75, 3.05) is 0 Å². The van der Waals surface area contributed by atoms with E-state index in [1.54, 1.807) is 0 Å². The molecule has 0 saturated carbocycles. The zero-order valence-electron chi connectivity index (χ0n) is 10.6. The molecule has 0 bridgehead atoms. The summed E-state index contributed by atoms with van der Waals surface area (Å²) in [5, 5.41) is 0.633. The maximum Gasteiger partial charge on any atom is 0.420 e.